The molecule has 1 aromatic heterocycles. The van der Waals surface area contributed by atoms with Crippen molar-refractivity contribution in [1.82, 2.24) is 15.3 Å². The Kier molecular flexibility index (Phi) is 3.65. The minimum Gasteiger partial charge on any atom is -0.382 e. The molecule has 2 aromatic rings. The molecule has 3 N–H and O–H groups in total. The van der Waals surface area contributed by atoms with Crippen molar-refractivity contribution >= 4 is 11.7 Å². The number of benzene rings is 1. The SMILES string of the molecule is Nc1cncc(C(=O)NCc2ccc(F)cc2F)n1. The highest BCUT2D eigenvalue weighted by atomic mass is 19.1. The molecule has 0 atom stereocenters. The third-order valence-corrected chi connectivity index (χ3v) is 2.34. The molecule has 0 aliphatic rings. The minimum absolute atomic E-state index is 0.0301. The van der Waals surface area contributed by atoms with Crippen LogP contribution < -0.4 is 11.1 Å². The monoisotopic (exact) mass is 264 g/mol. The zero-order valence-corrected chi connectivity index (χ0v) is 9.73. The Morgan fingerprint density at radius 2 is 2.11 bits per heavy atom. The number of anilines is 1. The van der Waals surface area contributed by atoms with Gasteiger partial charge in [-0.3, -0.25) is 9.78 Å². The molecule has 5 nitrogen and oxygen atoms in total. The first-order valence-corrected chi connectivity index (χ1v) is 5.36. The van der Waals surface area contributed by atoms with Gasteiger partial charge in [-0.1, -0.05) is 6.07 Å². The summed E-state index contributed by atoms with van der Waals surface area (Å²) in [7, 11) is 0. The molecule has 0 aliphatic carbocycles. The Labute approximate surface area is 107 Å². The van der Waals surface area contributed by atoms with Gasteiger partial charge in [0.25, 0.3) is 5.91 Å². The largest absolute Gasteiger partial charge is 0.382 e. The van der Waals surface area contributed by atoms with Crippen LogP contribution in [0.1, 0.15) is 16.1 Å². The number of rotatable bonds is 3. The molecule has 19 heavy (non-hydrogen) atoms. The van der Waals surface area contributed by atoms with Crippen molar-refractivity contribution in [3.05, 3.63) is 53.5 Å². The third-order valence-electron chi connectivity index (χ3n) is 2.34. The quantitative estimate of drug-likeness (QED) is 0.874. The topological polar surface area (TPSA) is 80.9 Å². The highest BCUT2D eigenvalue weighted by Crippen LogP contribution is 2.09. The number of hydrogen-bond donors (Lipinski definition) is 2. The number of aromatic nitrogens is 2. The number of halogens is 2. The van der Waals surface area contributed by atoms with E-state index in [9.17, 15) is 13.6 Å². The third kappa shape index (κ3) is 3.21. The number of nitrogens with two attached hydrogens (primary N) is 1. The van der Waals surface area contributed by atoms with Crippen LogP contribution >= 0.6 is 0 Å². The van der Waals surface area contributed by atoms with Crippen LogP contribution in [0.2, 0.25) is 0 Å². The summed E-state index contributed by atoms with van der Waals surface area (Å²) in [5.74, 6) is -1.82. The van der Waals surface area contributed by atoms with Crippen molar-refractivity contribution in [1.29, 1.82) is 0 Å². The van der Waals surface area contributed by atoms with E-state index in [1.807, 2.05) is 0 Å². The van der Waals surface area contributed by atoms with Gasteiger partial charge in [-0.05, 0) is 6.07 Å². The summed E-state index contributed by atoms with van der Waals surface area (Å²) in [6.45, 7) is -0.0819. The minimum atomic E-state index is -0.723. The van der Waals surface area contributed by atoms with Crippen LogP contribution in [0.4, 0.5) is 14.6 Å². The molecule has 0 saturated heterocycles. The van der Waals surface area contributed by atoms with E-state index in [1.54, 1.807) is 0 Å². The molecule has 1 heterocycles. The average molecular weight is 264 g/mol. The van der Waals surface area contributed by atoms with Crippen molar-refractivity contribution in [3.63, 3.8) is 0 Å². The Morgan fingerprint density at radius 3 is 2.79 bits per heavy atom. The van der Waals surface area contributed by atoms with E-state index in [-0.39, 0.29) is 23.6 Å². The standard InChI is InChI=1S/C12H10F2N4O/c13-8-2-1-7(9(14)3-8)4-17-12(19)10-5-16-6-11(15)18-10/h1-3,5-6H,4H2,(H2,15,18)(H,17,19). The molecule has 0 bridgehead atoms. The molecular formula is C12H10F2N4O. The number of hydrogen-bond acceptors (Lipinski definition) is 4. The molecule has 0 saturated carbocycles. The van der Waals surface area contributed by atoms with E-state index >= 15 is 0 Å². The number of nitrogens with zero attached hydrogens (tertiary/aromatic N) is 2. The van der Waals surface area contributed by atoms with Crippen molar-refractivity contribution in [2.75, 3.05) is 5.73 Å². The summed E-state index contributed by atoms with van der Waals surface area (Å²) < 4.78 is 26.0. The zero-order chi connectivity index (χ0) is 13.8. The lowest BCUT2D eigenvalue weighted by molar-refractivity contribution is 0.0945. The summed E-state index contributed by atoms with van der Waals surface area (Å²) in [6.07, 6.45) is 2.54. The summed E-state index contributed by atoms with van der Waals surface area (Å²) in [5.41, 5.74) is 5.59. The summed E-state index contributed by atoms with van der Waals surface area (Å²) in [5, 5.41) is 2.44. The van der Waals surface area contributed by atoms with Gasteiger partial charge in [-0.2, -0.15) is 0 Å². The highest BCUT2D eigenvalue weighted by molar-refractivity contribution is 5.92. The van der Waals surface area contributed by atoms with Gasteiger partial charge in [0, 0.05) is 18.2 Å². The van der Waals surface area contributed by atoms with Crippen LogP contribution in [0, 0.1) is 11.6 Å². The van der Waals surface area contributed by atoms with E-state index in [2.05, 4.69) is 15.3 Å². The van der Waals surface area contributed by atoms with Gasteiger partial charge in [0.15, 0.2) is 0 Å². The van der Waals surface area contributed by atoms with Crippen LogP contribution in [0.25, 0.3) is 0 Å². The second-order valence-corrected chi connectivity index (χ2v) is 3.75. The smallest absolute Gasteiger partial charge is 0.271 e. The van der Waals surface area contributed by atoms with Crippen LogP contribution in [-0.4, -0.2) is 15.9 Å². The van der Waals surface area contributed by atoms with E-state index in [0.29, 0.717) is 0 Å². The molecule has 0 aliphatic heterocycles. The van der Waals surface area contributed by atoms with Crippen molar-refractivity contribution < 1.29 is 13.6 Å². The van der Waals surface area contributed by atoms with E-state index in [1.165, 1.54) is 18.5 Å². The van der Waals surface area contributed by atoms with E-state index in [4.69, 9.17) is 5.73 Å². The molecule has 0 unspecified atom stereocenters. The van der Waals surface area contributed by atoms with Gasteiger partial charge in [0.05, 0.1) is 12.4 Å². The first kappa shape index (κ1) is 12.9. The first-order valence-electron chi connectivity index (χ1n) is 5.36. The van der Waals surface area contributed by atoms with E-state index < -0.39 is 17.5 Å². The van der Waals surface area contributed by atoms with Gasteiger partial charge >= 0.3 is 0 Å². The van der Waals surface area contributed by atoms with Crippen molar-refractivity contribution in [3.8, 4) is 0 Å². The molecule has 1 aromatic carbocycles. The zero-order valence-electron chi connectivity index (χ0n) is 9.73. The molecule has 1 amide bonds. The molecule has 2 rings (SSSR count). The molecule has 0 fully saturated rings. The van der Waals surface area contributed by atoms with Gasteiger partial charge in [-0.15, -0.1) is 0 Å². The molecule has 0 spiro atoms. The highest BCUT2D eigenvalue weighted by Gasteiger charge is 2.09. The molecule has 7 heteroatoms. The first-order chi connectivity index (χ1) is 9.06. The van der Waals surface area contributed by atoms with Gasteiger partial charge in [-0.25, -0.2) is 13.8 Å². The predicted molar refractivity (Wildman–Crippen MR) is 64.0 cm³/mol. The normalized spacial score (nSPS) is 10.2. The Balaban J connectivity index is 2.04. The maximum absolute atomic E-state index is 13.3. The van der Waals surface area contributed by atoms with Crippen LogP contribution in [0.15, 0.2) is 30.6 Å². The van der Waals surface area contributed by atoms with Crippen LogP contribution in [0.5, 0.6) is 0 Å². The summed E-state index contributed by atoms with van der Waals surface area (Å²) in [6, 6.07) is 3.13. The van der Waals surface area contributed by atoms with Crippen molar-refractivity contribution in [2.24, 2.45) is 0 Å². The Hall–Kier alpha value is -2.57. The Morgan fingerprint density at radius 1 is 1.32 bits per heavy atom. The second kappa shape index (κ2) is 5.38. The number of nitrogens with one attached hydrogen (secondary N) is 1. The fourth-order valence-electron chi connectivity index (χ4n) is 1.42. The lowest BCUT2D eigenvalue weighted by Crippen LogP contribution is -2.24. The van der Waals surface area contributed by atoms with Crippen LogP contribution in [0.3, 0.4) is 0 Å². The van der Waals surface area contributed by atoms with Crippen LogP contribution in [-0.2, 0) is 6.54 Å². The maximum Gasteiger partial charge on any atom is 0.271 e. The number of nitrogen functional groups attached to an aromatic ring is 1. The summed E-state index contributed by atoms with van der Waals surface area (Å²) in [4.78, 5) is 19.2. The number of amides is 1. The number of carbonyl (C=O) groups is 1. The number of carbonyl (C=O) groups excluding carboxylic acids is 1. The molecule has 98 valence electrons. The van der Waals surface area contributed by atoms with Gasteiger partial charge < -0.3 is 11.1 Å². The average Bonchev–Trinajstić information content (AvgIpc) is 2.37. The van der Waals surface area contributed by atoms with Gasteiger partial charge in [0.2, 0.25) is 0 Å². The molecule has 0 radical (unpaired) electrons. The Bertz CT molecular complexity index is 618. The lowest BCUT2D eigenvalue weighted by Gasteiger charge is -2.06. The maximum atomic E-state index is 13.3. The fraction of sp³-hybridized carbons (Fsp3) is 0.0833. The van der Waals surface area contributed by atoms with E-state index in [0.717, 1.165) is 12.1 Å². The summed E-state index contributed by atoms with van der Waals surface area (Å²) >= 11 is 0. The fourth-order valence-corrected chi connectivity index (χ4v) is 1.42. The lowest BCUT2D eigenvalue weighted by atomic mass is 10.2. The van der Waals surface area contributed by atoms with Crippen molar-refractivity contribution in [2.45, 2.75) is 6.54 Å². The second-order valence-electron chi connectivity index (χ2n) is 3.75. The molecular weight excluding hydrogens is 254 g/mol. The van der Waals surface area contributed by atoms with Gasteiger partial charge in [0.1, 0.15) is 23.1 Å². The predicted octanol–water partition coefficient (Wildman–Crippen LogP) is 1.27.